The number of hydrogen-bond donors (Lipinski definition) is 2. The Balaban J connectivity index is 1.51. The van der Waals surface area contributed by atoms with Crippen LogP contribution in [0.3, 0.4) is 0 Å². The molecule has 0 spiro atoms. The zero-order valence-electron chi connectivity index (χ0n) is 18.6. The predicted octanol–water partition coefficient (Wildman–Crippen LogP) is 4.06. The fourth-order valence-electron chi connectivity index (χ4n) is 4.52. The van der Waals surface area contributed by atoms with Gasteiger partial charge in [0.15, 0.2) is 0 Å². The molecule has 0 aliphatic heterocycles. The summed E-state index contributed by atoms with van der Waals surface area (Å²) in [7, 11) is 0. The second-order valence-corrected chi connectivity index (χ2v) is 8.67. The number of aromatic nitrogens is 5. The Bertz CT molecular complexity index is 1320. The highest BCUT2D eigenvalue weighted by Gasteiger charge is 2.20. The molecule has 2 aromatic heterocycles. The molecule has 2 heterocycles. The van der Waals surface area contributed by atoms with Crippen LogP contribution in [0, 0.1) is 23.1 Å². The predicted molar refractivity (Wildman–Crippen MR) is 127 cm³/mol. The zero-order chi connectivity index (χ0) is 23.5. The summed E-state index contributed by atoms with van der Waals surface area (Å²) in [4.78, 5) is 0. The number of nitriles is 1. The van der Waals surface area contributed by atoms with Crippen molar-refractivity contribution in [1.29, 1.82) is 5.26 Å². The van der Waals surface area contributed by atoms with E-state index in [-0.39, 0.29) is 11.6 Å². The summed E-state index contributed by atoms with van der Waals surface area (Å²) < 4.78 is 17.9. The van der Waals surface area contributed by atoms with Gasteiger partial charge in [0, 0.05) is 24.2 Å². The molecule has 1 unspecified atom stereocenters. The quantitative estimate of drug-likeness (QED) is 0.453. The Morgan fingerprint density at radius 2 is 2.03 bits per heavy atom. The molecular weight excluding hydrogens is 431 g/mol. The Kier molecular flexibility index (Phi) is 6.06. The van der Waals surface area contributed by atoms with Crippen molar-refractivity contribution in [2.24, 2.45) is 11.7 Å². The van der Waals surface area contributed by atoms with E-state index >= 15 is 0 Å². The number of rotatable bonds is 6. The monoisotopic (exact) mass is 456 g/mol. The molecule has 9 heteroatoms. The van der Waals surface area contributed by atoms with Crippen molar-refractivity contribution in [2.75, 3.05) is 11.9 Å². The van der Waals surface area contributed by atoms with Crippen LogP contribution in [0.25, 0.3) is 22.6 Å². The van der Waals surface area contributed by atoms with Gasteiger partial charge in [0.2, 0.25) is 0 Å². The molecule has 172 valence electrons. The van der Waals surface area contributed by atoms with Gasteiger partial charge in [-0.15, -0.1) is 10.2 Å². The van der Waals surface area contributed by atoms with Crippen LogP contribution in [0.5, 0.6) is 0 Å². The summed E-state index contributed by atoms with van der Waals surface area (Å²) in [5.74, 6) is 0.639. The summed E-state index contributed by atoms with van der Waals surface area (Å²) in [5, 5.41) is 25.3. The minimum absolute atomic E-state index is 0.00924. The molecule has 1 aliphatic carbocycles. The third-order valence-corrected chi connectivity index (χ3v) is 6.25. The molecule has 0 saturated heterocycles. The molecule has 0 amide bonds. The summed E-state index contributed by atoms with van der Waals surface area (Å²) in [5.41, 5.74) is 9.12. The first-order chi connectivity index (χ1) is 16.6. The summed E-state index contributed by atoms with van der Waals surface area (Å²) in [6.45, 7) is 0.783. The normalized spacial score (nSPS) is 17.9. The largest absolute Gasteiger partial charge is 0.368 e. The van der Waals surface area contributed by atoms with Crippen LogP contribution in [0.15, 0.2) is 60.9 Å². The molecule has 0 bridgehead atoms. The highest BCUT2D eigenvalue weighted by molar-refractivity contribution is 5.67. The fourth-order valence-corrected chi connectivity index (χ4v) is 4.52. The number of hydrogen-bond acceptors (Lipinski definition) is 6. The highest BCUT2D eigenvalue weighted by Crippen LogP contribution is 2.29. The molecule has 34 heavy (non-hydrogen) atoms. The van der Waals surface area contributed by atoms with Crippen LogP contribution in [0.2, 0.25) is 0 Å². The molecule has 2 atom stereocenters. The molecule has 1 aliphatic rings. The molecular formula is C25H25FN8. The fraction of sp³-hybridized carbons (Fsp3) is 0.280. The van der Waals surface area contributed by atoms with Crippen molar-refractivity contribution in [1.82, 2.24) is 24.8 Å². The Labute approximate surface area is 196 Å². The molecule has 5 rings (SSSR count). The van der Waals surface area contributed by atoms with Crippen molar-refractivity contribution < 1.29 is 4.39 Å². The summed E-state index contributed by atoms with van der Waals surface area (Å²) in [6.07, 6.45) is 7.76. The number of nitrogens with two attached hydrogens (primary N) is 1. The van der Waals surface area contributed by atoms with Gasteiger partial charge in [-0.25, -0.2) is 13.8 Å². The van der Waals surface area contributed by atoms with Crippen LogP contribution in [0.4, 0.5) is 10.2 Å². The van der Waals surface area contributed by atoms with Gasteiger partial charge in [0.05, 0.1) is 35.0 Å². The van der Waals surface area contributed by atoms with E-state index in [4.69, 9.17) is 16.1 Å². The average molecular weight is 457 g/mol. The third-order valence-electron chi connectivity index (χ3n) is 6.25. The van der Waals surface area contributed by atoms with Crippen molar-refractivity contribution in [3.63, 3.8) is 0 Å². The van der Waals surface area contributed by atoms with Crippen molar-refractivity contribution in [3.8, 4) is 28.7 Å². The van der Waals surface area contributed by atoms with Crippen molar-refractivity contribution in [3.05, 3.63) is 72.3 Å². The maximum absolute atomic E-state index is 14.5. The lowest BCUT2D eigenvalue weighted by Gasteiger charge is -2.26. The maximum atomic E-state index is 14.5. The van der Waals surface area contributed by atoms with Crippen LogP contribution in [-0.2, 0) is 0 Å². The van der Waals surface area contributed by atoms with Crippen LogP contribution in [-0.4, -0.2) is 37.4 Å². The van der Waals surface area contributed by atoms with Crippen molar-refractivity contribution in [2.45, 2.75) is 31.7 Å². The van der Waals surface area contributed by atoms with E-state index in [9.17, 15) is 4.39 Å². The van der Waals surface area contributed by atoms with E-state index in [0.717, 1.165) is 43.6 Å². The number of nitrogens with zero attached hydrogens (tertiary/aromatic N) is 6. The van der Waals surface area contributed by atoms with Gasteiger partial charge < -0.3 is 11.1 Å². The summed E-state index contributed by atoms with van der Waals surface area (Å²) >= 11 is 0. The van der Waals surface area contributed by atoms with E-state index in [1.165, 1.54) is 12.1 Å². The lowest BCUT2D eigenvalue weighted by molar-refractivity contribution is 0.335. The minimum Gasteiger partial charge on any atom is -0.368 e. The molecule has 8 nitrogen and oxygen atoms in total. The first-order valence-electron chi connectivity index (χ1n) is 11.4. The van der Waals surface area contributed by atoms with E-state index in [0.29, 0.717) is 23.0 Å². The number of halogens is 1. The van der Waals surface area contributed by atoms with Gasteiger partial charge in [-0.2, -0.15) is 5.26 Å². The first-order valence-corrected chi connectivity index (χ1v) is 11.4. The second kappa shape index (κ2) is 9.45. The lowest BCUT2D eigenvalue weighted by atomic mass is 9.86. The summed E-state index contributed by atoms with van der Waals surface area (Å²) in [6, 6.07) is 16.3. The zero-order valence-corrected chi connectivity index (χ0v) is 18.6. The number of benzene rings is 2. The lowest BCUT2D eigenvalue weighted by Crippen LogP contribution is -2.31. The third kappa shape index (κ3) is 4.54. The van der Waals surface area contributed by atoms with Gasteiger partial charge in [-0.1, -0.05) is 23.8 Å². The molecule has 3 N–H and O–H groups in total. The smallest absolute Gasteiger partial charge is 0.149 e. The van der Waals surface area contributed by atoms with Crippen molar-refractivity contribution >= 4 is 5.82 Å². The van der Waals surface area contributed by atoms with Gasteiger partial charge >= 0.3 is 0 Å². The minimum atomic E-state index is -0.560. The molecule has 4 aromatic rings. The molecule has 1 fully saturated rings. The number of nitrogens with one attached hydrogen (secondary N) is 1. The molecule has 2 aromatic carbocycles. The van der Waals surface area contributed by atoms with E-state index in [1.807, 2.05) is 36.4 Å². The van der Waals surface area contributed by atoms with Gasteiger partial charge in [0.25, 0.3) is 0 Å². The standard InChI is InChI=1S/C25H25FN8/c26-23-12-18(7-8-19(23)15-27)24-14-25(29-16-17-3-1-4-20(28)11-17)31-34(24)22-6-2-5-21(13-22)33-10-9-30-32-33/h2,5-10,12-14,17,20H,1,3-4,11,16,28H2,(H,29,31)/t17?,20-/m0/s1. The van der Waals surface area contributed by atoms with Gasteiger partial charge in [0.1, 0.15) is 17.7 Å². The molecule has 1 saturated carbocycles. The SMILES string of the molecule is N#Cc1ccc(-c2cc(NCC3CCC[C@H](N)C3)nn2-c2cccc(-n3ccnn3)c2)cc1F. The van der Waals surface area contributed by atoms with Crippen LogP contribution >= 0.6 is 0 Å². The maximum Gasteiger partial charge on any atom is 0.149 e. The second-order valence-electron chi connectivity index (χ2n) is 8.67. The van der Waals surface area contributed by atoms with Gasteiger partial charge in [-0.3, -0.25) is 0 Å². The average Bonchev–Trinajstić information content (AvgIpc) is 3.54. The Morgan fingerprint density at radius 1 is 1.15 bits per heavy atom. The Hall–Kier alpha value is -4.03. The van der Waals surface area contributed by atoms with Crippen LogP contribution < -0.4 is 11.1 Å². The van der Waals surface area contributed by atoms with E-state index in [1.54, 1.807) is 27.8 Å². The van der Waals surface area contributed by atoms with E-state index in [2.05, 4.69) is 15.6 Å². The Morgan fingerprint density at radius 3 is 2.79 bits per heavy atom. The van der Waals surface area contributed by atoms with E-state index < -0.39 is 5.82 Å². The number of anilines is 1. The molecule has 0 radical (unpaired) electrons. The van der Waals surface area contributed by atoms with Gasteiger partial charge in [-0.05, 0) is 55.5 Å². The van der Waals surface area contributed by atoms with Crippen LogP contribution in [0.1, 0.15) is 31.2 Å². The topological polar surface area (TPSA) is 110 Å². The highest BCUT2D eigenvalue weighted by atomic mass is 19.1. The first kappa shape index (κ1) is 21.8.